The van der Waals surface area contributed by atoms with E-state index in [0.717, 1.165) is 26.1 Å². The summed E-state index contributed by atoms with van der Waals surface area (Å²) in [5.41, 5.74) is 0. The van der Waals surface area contributed by atoms with Gasteiger partial charge in [-0.05, 0) is 13.5 Å². The molecule has 2 saturated heterocycles. The van der Waals surface area contributed by atoms with E-state index in [9.17, 15) is 9.59 Å². The van der Waals surface area contributed by atoms with Crippen molar-refractivity contribution in [2.75, 3.05) is 39.8 Å². The van der Waals surface area contributed by atoms with E-state index in [4.69, 9.17) is 5.11 Å². The molecule has 2 aliphatic rings. The topological polar surface area (TPSA) is 64.1 Å². The van der Waals surface area contributed by atoms with Gasteiger partial charge in [-0.3, -0.25) is 9.69 Å². The molecule has 0 radical (unpaired) electrons. The van der Waals surface area contributed by atoms with Crippen LogP contribution in [0.3, 0.4) is 0 Å². The van der Waals surface area contributed by atoms with Crippen molar-refractivity contribution in [3.8, 4) is 0 Å². The molecule has 1 N–H and O–H groups in total. The summed E-state index contributed by atoms with van der Waals surface area (Å²) in [6.45, 7) is 5.22. The van der Waals surface area contributed by atoms with Gasteiger partial charge >= 0.3 is 12.0 Å². The van der Waals surface area contributed by atoms with Gasteiger partial charge in [-0.2, -0.15) is 0 Å². The van der Waals surface area contributed by atoms with Crippen molar-refractivity contribution in [1.29, 1.82) is 0 Å². The summed E-state index contributed by atoms with van der Waals surface area (Å²) in [4.78, 5) is 28.6. The predicted octanol–water partition coefficient (Wildman–Crippen LogP) is 0.149. The molecule has 0 spiro atoms. The average Bonchev–Trinajstić information content (AvgIpc) is 2.26. The van der Waals surface area contributed by atoms with Crippen LogP contribution in [-0.4, -0.2) is 77.6 Å². The number of carbonyl (C=O) groups excluding carboxylic acids is 1. The number of hydrogen-bond donors (Lipinski definition) is 1. The number of urea groups is 1. The molecule has 2 rings (SSSR count). The minimum atomic E-state index is -0.802. The van der Waals surface area contributed by atoms with Crippen molar-refractivity contribution in [2.24, 2.45) is 5.92 Å². The fraction of sp³-hybridized carbons (Fsp3) is 0.833. The molecule has 0 aromatic carbocycles. The highest BCUT2D eigenvalue weighted by Gasteiger charge is 2.38. The number of rotatable bonds is 2. The lowest BCUT2D eigenvalue weighted by molar-refractivity contribution is -0.146. The third-order valence-electron chi connectivity index (χ3n) is 4.02. The maximum Gasteiger partial charge on any atom is 0.320 e. The molecular formula is C12H21N3O3. The van der Waals surface area contributed by atoms with Gasteiger partial charge in [-0.1, -0.05) is 6.92 Å². The van der Waals surface area contributed by atoms with Crippen LogP contribution in [-0.2, 0) is 4.79 Å². The van der Waals surface area contributed by atoms with Crippen molar-refractivity contribution in [1.82, 2.24) is 14.7 Å². The maximum absolute atomic E-state index is 12.2. The van der Waals surface area contributed by atoms with Crippen LogP contribution in [0.5, 0.6) is 0 Å². The fourth-order valence-corrected chi connectivity index (χ4v) is 2.55. The zero-order chi connectivity index (χ0) is 13.3. The van der Waals surface area contributed by atoms with Crippen LogP contribution in [0.15, 0.2) is 0 Å². The Morgan fingerprint density at radius 1 is 1.17 bits per heavy atom. The highest BCUT2D eigenvalue weighted by atomic mass is 16.4. The molecular weight excluding hydrogens is 234 g/mol. The molecule has 2 amide bonds. The van der Waals surface area contributed by atoms with Gasteiger partial charge in [-0.15, -0.1) is 0 Å². The fourth-order valence-electron chi connectivity index (χ4n) is 2.55. The standard InChI is InChI=1S/C12H21N3O3/c1-3-10-8-14(5-4-13(10)2)12(18)15-6-9(7-15)11(16)17/h9-10H,3-8H2,1-2H3,(H,16,17). The van der Waals surface area contributed by atoms with Gasteiger partial charge in [0.2, 0.25) is 0 Å². The number of likely N-dealkylation sites (tertiary alicyclic amines) is 1. The Labute approximate surface area is 107 Å². The van der Waals surface area contributed by atoms with E-state index in [2.05, 4.69) is 18.9 Å². The Kier molecular flexibility index (Phi) is 3.75. The second kappa shape index (κ2) is 5.14. The Morgan fingerprint density at radius 2 is 1.83 bits per heavy atom. The smallest absolute Gasteiger partial charge is 0.320 e. The van der Waals surface area contributed by atoms with Gasteiger partial charge < -0.3 is 14.9 Å². The third kappa shape index (κ3) is 2.43. The summed E-state index contributed by atoms with van der Waals surface area (Å²) in [5.74, 6) is -1.17. The first-order valence-corrected chi connectivity index (χ1v) is 6.49. The van der Waals surface area contributed by atoms with E-state index in [0.29, 0.717) is 19.1 Å². The lowest BCUT2D eigenvalue weighted by Crippen LogP contribution is -2.61. The second-order valence-corrected chi connectivity index (χ2v) is 5.21. The number of aliphatic carboxylic acids is 1. The molecule has 0 saturated carbocycles. The van der Waals surface area contributed by atoms with Crippen LogP contribution in [0.1, 0.15) is 13.3 Å². The lowest BCUT2D eigenvalue weighted by atomic mass is 10.0. The molecule has 2 fully saturated rings. The molecule has 1 atom stereocenters. The van der Waals surface area contributed by atoms with Crippen molar-refractivity contribution in [3.63, 3.8) is 0 Å². The van der Waals surface area contributed by atoms with Gasteiger partial charge in [0.25, 0.3) is 0 Å². The average molecular weight is 255 g/mol. The molecule has 0 aromatic rings. The van der Waals surface area contributed by atoms with E-state index in [1.807, 2.05) is 4.90 Å². The zero-order valence-corrected chi connectivity index (χ0v) is 11.0. The summed E-state index contributed by atoms with van der Waals surface area (Å²) in [5, 5.41) is 8.80. The third-order valence-corrected chi connectivity index (χ3v) is 4.02. The Bertz CT molecular complexity index is 341. The van der Waals surface area contributed by atoms with Gasteiger partial charge in [0.05, 0.1) is 5.92 Å². The Morgan fingerprint density at radius 3 is 2.39 bits per heavy atom. The van der Waals surface area contributed by atoms with Gasteiger partial charge in [0.1, 0.15) is 0 Å². The number of piperazine rings is 1. The van der Waals surface area contributed by atoms with Gasteiger partial charge in [0.15, 0.2) is 0 Å². The number of likely N-dealkylation sites (N-methyl/N-ethyl adjacent to an activating group) is 1. The first-order chi connectivity index (χ1) is 8.52. The summed E-state index contributed by atoms with van der Waals surface area (Å²) in [6.07, 6.45) is 1.03. The second-order valence-electron chi connectivity index (χ2n) is 5.21. The molecule has 6 heteroatoms. The van der Waals surface area contributed by atoms with Crippen molar-refractivity contribution in [2.45, 2.75) is 19.4 Å². The van der Waals surface area contributed by atoms with Crippen LogP contribution >= 0.6 is 0 Å². The molecule has 18 heavy (non-hydrogen) atoms. The van der Waals surface area contributed by atoms with Crippen LogP contribution < -0.4 is 0 Å². The predicted molar refractivity (Wildman–Crippen MR) is 66.4 cm³/mol. The summed E-state index contributed by atoms with van der Waals surface area (Å²) < 4.78 is 0. The van der Waals surface area contributed by atoms with Crippen molar-refractivity contribution < 1.29 is 14.7 Å². The number of carboxylic acid groups (broad SMARTS) is 1. The van der Waals surface area contributed by atoms with Crippen LogP contribution in [0.4, 0.5) is 4.79 Å². The van der Waals surface area contributed by atoms with E-state index < -0.39 is 5.97 Å². The molecule has 0 aromatic heterocycles. The van der Waals surface area contributed by atoms with Crippen LogP contribution in [0.2, 0.25) is 0 Å². The van der Waals surface area contributed by atoms with Crippen LogP contribution in [0.25, 0.3) is 0 Å². The van der Waals surface area contributed by atoms with Crippen molar-refractivity contribution >= 4 is 12.0 Å². The highest BCUT2D eigenvalue weighted by Crippen LogP contribution is 2.20. The molecule has 2 heterocycles. The number of nitrogens with zero attached hydrogens (tertiary/aromatic N) is 3. The van der Waals surface area contributed by atoms with Crippen LogP contribution in [0, 0.1) is 5.92 Å². The molecule has 0 aliphatic carbocycles. The first kappa shape index (κ1) is 13.1. The minimum absolute atomic E-state index is 0.000880. The number of hydrogen-bond acceptors (Lipinski definition) is 3. The summed E-state index contributed by atoms with van der Waals surface area (Å²) in [6, 6.07) is 0.415. The number of carbonyl (C=O) groups is 2. The number of amides is 2. The SMILES string of the molecule is CCC1CN(C(=O)N2CC(C(=O)O)C2)CCN1C. The van der Waals surface area contributed by atoms with Crippen molar-refractivity contribution in [3.05, 3.63) is 0 Å². The van der Waals surface area contributed by atoms with Gasteiger partial charge in [-0.25, -0.2) is 4.79 Å². The van der Waals surface area contributed by atoms with E-state index in [-0.39, 0.29) is 11.9 Å². The molecule has 0 bridgehead atoms. The lowest BCUT2D eigenvalue weighted by Gasteiger charge is -2.44. The Hall–Kier alpha value is -1.30. The normalized spacial score (nSPS) is 26.0. The van der Waals surface area contributed by atoms with E-state index in [1.165, 1.54) is 0 Å². The molecule has 2 aliphatic heterocycles. The maximum atomic E-state index is 12.2. The number of carboxylic acids is 1. The Balaban J connectivity index is 1.85. The summed E-state index contributed by atoms with van der Waals surface area (Å²) in [7, 11) is 2.08. The van der Waals surface area contributed by atoms with E-state index >= 15 is 0 Å². The largest absolute Gasteiger partial charge is 0.481 e. The minimum Gasteiger partial charge on any atom is -0.481 e. The quantitative estimate of drug-likeness (QED) is 0.763. The summed E-state index contributed by atoms with van der Waals surface area (Å²) >= 11 is 0. The molecule has 102 valence electrons. The zero-order valence-electron chi connectivity index (χ0n) is 11.0. The monoisotopic (exact) mass is 255 g/mol. The van der Waals surface area contributed by atoms with E-state index in [1.54, 1.807) is 4.90 Å². The molecule has 6 nitrogen and oxygen atoms in total. The first-order valence-electron chi connectivity index (χ1n) is 6.49. The van der Waals surface area contributed by atoms with Gasteiger partial charge in [0, 0.05) is 38.8 Å². The molecule has 1 unspecified atom stereocenters. The highest BCUT2D eigenvalue weighted by molar-refractivity contribution is 5.80.